The molecule has 0 aliphatic heterocycles. The van der Waals surface area contributed by atoms with Crippen molar-refractivity contribution >= 4 is 29.1 Å². The molecule has 0 N–H and O–H groups in total. The van der Waals surface area contributed by atoms with Gasteiger partial charge in [0.15, 0.2) is 0 Å². The minimum atomic E-state index is 1.07. The van der Waals surface area contributed by atoms with Crippen LogP contribution in [-0.4, -0.2) is 0 Å². The number of rotatable bonds is 0. The van der Waals surface area contributed by atoms with Gasteiger partial charge in [-0.15, -0.1) is 18.5 Å². The van der Waals surface area contributed by atoms with Gasteiger partial charge >= 0.3 is 0 Å². The summed E-state index contributed by atoms with van der Waals surface area (Å²) < 4.78 is 0. The van der Waals surface area contributed by atoms with Gasteiger partial charge < -0.3 is 0 Å². The molecule has 2 aromatic rings. The quantitative estimate of drug-likeness (QED) is 0.532. The van der Waals surface area contributed by atoms with Gasteiger partial charge in [-0.05, 0) is 45.7 Å². The van der Waals surface area contributed by atoms with E-state index in [-0.39, 0.29) is 0 Å². The van der Waals surface area contributed by atoms with Crippen LogP contribution in [0.5, 0.6) is 0 Å². The van der Waals surface area contributed by atoms with Crippen LogP contribution in [0.1, 0.15) is 22.3 Å². The van der Waals surface area contributed by atoms with Crippen LogP contribution < -0.4 is 10.6 Å². The molecule has 2 aromatic carbocycles. The molecule has 2 unspecified atom stereocenters. The van der Waals surface area contributed by atoms with Crippen molar-refractivity contribution < 1.29 is 0 Å². The summed E-state index contributed by atoms with van der Waals surface area (Å²) >= 11 is 0. The molecule has 0 nitrogen and oxygen atoms in total. The maximum atomic E-state index is 2.85. The fourth-order valence-electron chi connectivity index (χ4n) is 2.45. The summed E-state index contributed by atoms with van der Waals surface area (Å²) in [5.74, 6) is 0. The third kappa shape index (κ3) is 1.61. The molecule has 0 radical (unpaired) electrons. The Morgan fingerprint density at radius 2 is 1.19 bits per heavy atom. The summed E-state index contributed by atoms with van der Waals surface area (Å²) in [5.41, 5.74) is 5.95. The maximum absolute atomic E-state index is 2.85. The summed E-state index contributed by atoms with van der Waals surface area (Å²) in [6, 6.07) is 13.2. The van der Waals surface area contributed by atoms with Crippen molar-refractivity contribution in [3.05, 3.63) is 58.7 Å². The highest BCUT2D eigenvalue weighted by Crippen LogP contribution is 2.26. The highest BCUT2D eigenvalue weighted by molar-refractivity contribution is 7.27. The Morgan fingerprint density at radius 3 is 1.69 bits per heavy atom. The number of benzene rings is 2. The second kappa shape index (κ2) is 3.95. The number of hydrogen-bond acceptors (Lipinski definition) is 0. The van der Waals surface area contributed by atoms with E-state index in [9.17, 15) is 0 Å². The maximum Gasteiger partial charge on any atom is -0.000779 e. The van der Waals surface area contributed by atoms with Crippen molar-refractivity contribution in [2.24, 2.45) is 0 Å². The highest BCUT2D eigenvalue weighted by Gasteiger charge is 2.17. The van der Waals surface area contributed by atoms with Gasteiger partial charge in [-0.25, -0.2) is 0 Å². The molecular formula is C14H14P2. The minimum Gasteiger partial charge on any atom is -0.105 e. The average molecular weight is 244 g/mol. The summed E-state index contributed by atoms with van der Waals surface area (Å²) in [5, 5.41) is 2.69. The van der Waals surface area contributed by atoms with Crippen molar-refractivity contribution in [3.8, 4) is 0 Å². The molecule has 0 bridgehead atoms. The van der Waals surface area contributed by atoms with Crippen LogP contribution in [0.15, 0.2) is 36.4 Å². The van der Waals surface area contributed by atoms with Crippen molar-refractivity contribution in [3.63, 3.8) is 0 Å². The van der Waals surface area contributed by atoms with Gasteiger partial charge in [0.2, 0.25) is 0 Å². The Hall–Kier alpha value is -0.700. The van der Waals surface area contributed by atoms with Gasteiger partial charge in [0, 0.05) is 0 Å². The molecule has 0 amide bonds. The lowest BCUT2D eigenvalue weighted by Gasteiger charge is -2.22. The zero-order valence-electron chi connectivity index (χ0n) is 9.03. The first-order valence-corrected chi connectivity index (χ1v) is 6.63. The summed E-state index contributed by atoms with van der Waals surface area (Å²) in [6.45, 7) is 0. The lowest BCUT2D eigenvalue weighted by molar-refractivity contribution is 1.02. The third-order valence-electron chi connectivity index (χ3n) is 3.35. The molecule has 2 heteroatoms. The predicted octanol–water partition coefficient (Wildman–Crippen LogP) is 2.18. The van der Waals surface area contributed by atoms with E-state index in [1.165, 1.54) is 32.9 Å². The lowest BCUT2D eigenvalue weighted by Crippen LogP contribution is -2.18. The van der Waals surface area contributed by atoms with Crippen LogP contribution in [-0.2, 0) is 12.8 Å². The highest BCUT2D eigenvalue weighted by atomic mass is 31.0. The first-order chi connectivity index (χ1) is 7.75. The Morgan fingerprint density at radius 1 is 0.688 bits per heavy atom. The van der Waals surface area contributed by atoms with Gasteiger partial charge in [0.1, 0.15) is 0 Å². The zero-order chi connectivity index (χ0) is 11.1. The molecule has 0 fully saturated rings. The number of fused-ring (bicyclic) bond motifs is 2. The summed E-state index contributed by atoms with van der Waals surface area (Å²) in [7, 11) is 5.71. The topological polar surface area (TPSA) is 0 Å². The predicted molar refractivity (Wildman–Crippen MR) is 77.2 cm³/mol. The van der Waals surface area contributed by atoms with E-state index in [4.69, 9.17) is 0 Å². The normalized spacial score (nSPS) is 13.1. The minimum absolute atomic E-state index is 1.07. The second-order valence-corrected chi connectivity index (χ2v) is 5.57. The molecule has 80 valence electrons. The molecule has 0 heterocycles. The summed E-state index contributed by atoms with van der Waals surface area (Å²) in [6.07, 6.45) is 2.15. The van der Waals surface area contributed by atoms with E-state index >= 15 is 0 Å². The van der Waals surface area contributed by atoms with Crippen molar-refractivity contribution in [2.45, 2.75) is 12.8 Å². The van der Waals surface area contributed by atoms with Gasteiger partial charge in [-0.3, -0.25) is 0 Å². The van der Waals surface area contributed by atoms with E-state index in [0.29, 0.717) is 0 Å². The molecule has 1 aliphatic rings. The second-order valence-electron chi connectivity index (χ2n) is 4.32. The summed E-state index contributed by atoms with van der Waals surface area (Å²) in [4.78, 5) is 0. The monoisotopic (exact) mass is 244 g/mol. The Kier molecular flexibility index (Phi) is 2.58. The molecule has 0 saturated heterocycles. The molecule has 0 spiro atoms. The largest absolute Gasteiger partial charge is 0.105 e. The Labute approximate surface area is 101 Å². The van der Waals surface area contributed by atoms with Gasteiger partial charge in [0.25, 0.3) is 0 Å². The molecule has 2 atom stereocenters. The molecule has 3 rings (SSSR count). The van der Waals surface area contributed by atoms with Crippen LogP contribution in [0, 0.1) is 0 Å². The van der Waals surface area contributed by atoms with Crippen molar-refractivity contribution in [2.75, 3.05) is 0 Å². The van der Waals surface area contributed by atoms with Crippen LogP contribution in [0.4, 0.5) is 0 Å². The SMILES string of the molecule is Pc1cccc2c1Cc1c(P)cccc1C2. The van der Waals surface area contributed by atoms with E-state index in [1.807, 2.05) is 0 Å². The van der Waals surface area contributed by atoms with Crippen molar-refractivity contribution in [1.29, 1.82) is 0 Å². The van der Waals surface area contributed by atoms with E-state index in [2.05, 4.69) is 54.9 Å². The smallest absolute Gasteiger partial charge is 0.000779 e. The zero-order valence-corrected chi connectivity index (χ0v) is 11.3. The Bertz CT molecular complexity index is 509. The standard InChI is InChI=1S/C14H14P2/c15-13-5-1-3-9-7-10-4-2-6-14(16)12(10)8-11(9)13/h1-6H,7-8,15-16H2. The molecule has 0 aromatic heterocycles. The fraction of sp³-hybridized carbons (Fsp3) is 0.143. The van der Waals surface area contributed by atoms with E-state index in [0.717, 1.165) is 12.8 Å². The number of hydrogen-bond donors (Lipinski definition) is 0. The van der Waals surface area contributed by atoms with Gasteiger partial charge in [-0.1, -0.05) is 36.4 Å². The van der Waals surface area contributed by atoms with Crippen molar-refractivity contribution in [1.82, 2.24) is 0 Å². The third-order valence-corrected chi connectivity index (χ3v) is 4.43. The lowest BCUT2D eigenvalue weighted by atomic mass is 9.86. The van der Waals surface area contributed by atoms with Gasteiger partial charge in [-0.2, -0.15) is 0 Å². The fourth-order valence-corrected chi connectivity index (χ4v) is 3.25. The van der Waals surface area contributed by atoms with E-state index in [1.54, 1.807) is 0 Å². The first kappa shape index (κ1) is 10.5. The molecular weight excluding hydrogens is 230 g/mol. The molecule has 1 aliphatic carbocycles. The molecule has 0 saturated carbocycles. The van der Waals surface area contributed by atoms with E-state index < -0.39 is 0 Å². The van der Waals surface area contributed by atoms with Crippen LogP contribution in [0.2, 0.25) is 0 Å². The van der Waals surface area contributed by atoms with Crippen LogP contribution in [0.25, 0.3) is 0 Å². The molecule has 16 heavy (non-hydrogen) atoms. The van der Waals surface area contributed by atoms with Gasteiger partial charge in [0.05, 0.1) is 0 Å². The van der Waals surface area contributed by atoms with Crippen LogP contribution >= 0.6 is 18.5 Å². The van der Waals surface area contributed by atoms with Crippen LogP contribution in [0.3, 0.4) is 0 Å². The average Bonchev–Trinajstić information content (AvgIpc) is 2.28. The Balaban J connectivity index is 2.17. The first-order valence-electron chi connectivity index (χ1n) is 5.48.